The van der Waals surface area contributed by atoms with Gasteiger partial charge in [0.05, 0.1) is 11.2 Å². The minimum absolute atomic E-state index is 0.00993. The van der Waals surface area contributed by atoms with Gasteiger partial charge in [0, 0.05) is 13.2 Å². The fraction of sp³-hybridized carbons (Fsp3) is 0.784. The Morgan fingerprint density at radius 2 is 1.13 bits per heavy atom. The topological polar surface area (TPSA) is 18.5 Å². The standard InChI is InChI=1S/C17H32O.C10H22O.C8H14.C2H6/c1-7-16(14-15(2)3)12-10-8-9-11-13-18-17(4,5)6;1-5-6-7-8-9-11-10(2,3)4;1-5-8(4)6-7(2)3;1-2/h7,14-15H,1,8-13H2,2-6H3;5-9H2,1-4H3;5-6,8H,1H2,2-4H3;1-2H3/b16-14+;;;. The molecule has 0 amide bonds. The molecular formula is C37H74O2. The molecule has 0 aliphatic rings. The zero-order valence-electron chi connectivity index (χ0n) is 29.5. The third-order valence-electron chi connectivity index (χ3n) is 5.21. The van der Waals surface area contributed by atoms with Crippen molar-refractivity contribution in [2.24, 2.45) is 11.8 Å². The average Bonchev–Trinajstić information content (AvgIpc) is 2.82. The molecule has 0 aliphatic heterocycles. The van der Waals surface area contributed by atoms with Crippen LogP contribution in [0.25, 0.3) is 0 Å². The zero-order valence-corrected chi connectivity index (χ0v) is 29.5. The molecular weight excluding hydrogens is 476 g/mol. The van der Waals surface area contributed by atoms with Gasteiger partial charge in [-0.1, -0.05) is 116 Å². The van der Waals surface area contributed by atoms with Crippen molar-refractivity contribution in [2.75, 3.05) is 13.2 Å². The monoisotopic (exact) mass is 551 g/mol. The Balaban J connectivity index is -0.000000248. The first kappa shape index (κ1) is 44.9. The van der Waals surface area contributed by atoms with Crippen LogP contribution in [0.5, 0.6) is 0 Å². The van der Waals surface area contributed by atoms with E-state index in [2.05, 4.69) is 108 Å². The summed E-state index contributed by atoms with van der Waals surface area (Å²) in [5.74, 6) is 1.15. The van der Waals surface area contributed by atoms with Crippen LogP contribution in [0.15, 0.2) is 48.6 Å². The van der Waals surface area contributed by atoms with E-state index < -0.39 is 0 Å². The van der Waals surface area contributed by atoms with E-state index in [-0.39, 0.29) is 11.2 Å². The number of unbranched alkanes of at least 4 members (excludes halogenated alkanes) is 6. The van der Waals surface area contributed by atoms with Gasteiger partial charge in [-0.05, 0) is 92.9 Å². The molecule has 234 valence electrons. The molecule has 0 spiro atoms. The molecule has 0 N–H and O–H groups in total. The molecule has 2 nitrogen and oxygen atoms in total. The Morgan fingerprint density at radius 3 is 1.44 bits per heavy atom. The van der Waals surface area contributed by atoms with Crippen molar-refractivity contribution in [1.29, 1.82) is 0 Å². The fourth-order valence-electron chi connectivity index (χ4n) is 3.35. The molecule has 0 rings (SSSR count). The lowest BCUT2D eigenvalue weighted by molar-refractivity contribution is -0.00509. The Labute approximate surface area is 248 Å². The number of hydrogen-bond donors (Lipinski definition) is 0. The third-order valence-corrected chi connectivity index (χ3v) is 5.21. The highest BCUT2D eigenvalue weighted by Crippen LogP contribution is 2.14. The molecule has 0 aromatic rings. The van der Waals surface area contributed by atoms with Crippen LogP contribution in [0.1, 0.15) is 155 Å². The second-order valence-electron chi connectivity index (χ2n) is 12.7. The first-order chi connectivity index (χ1) is 18.1. The molecule has 1 unspecified atom stereocenters. The predicted molar refractivity (Wildman–Crippen MR) is 182 cm³/mol. The van der Waals surface area contributed by atoms with Crippen LogP contribution >= 0.6 is 0 Å². The van der Waals surface area contributed by atoms with Crippen molar-refractivity contribution in [2.45, 2.75) is 166 Å². The normalized spacial score (nSPS) is 12.1. The summed E-state index contributed by atoms with van der Waals surface area (Å²) < 4.78 is 11.3. The fourth-order valence-corrected chi connectivity index (χ4v) is 3.35. The van der Waals surface area contributed by atoms with E-state index >= 15 is 0 Å². The zero-order chi connectivity index (χ0) is 31.3. The maximum absolute atomic E-state index is 5.70. The van der Waals surface area contributed by atoms with Crippen LogP contribution in [-0.2, 0) is 9.47 Å². The van der Waals surface area contributed by atoms with E-state index in [1.54, 1.807) is 0 Å². The predicted octanol–water partition coefficient (Wildman–Crippen LogP) is 12.7. The summed E-state index contributed by atoms with van der Waals surface area (Å²) in [4.78, 5) is 0. The van der Waals surface area contributed by atoms with Gasteiger partial charge in [-0.3, -0.25) is 0 Å². The van der Waals surface area contributed by atoms with E-state index in [0.717, 1.165) is 13.2 Å². The van der Waals surface area contributed by atoms with Gasteiger partial charge in [0.25, 0.3) is 0 Å². The molecule has 0 aromatic carbocycles. The van der Waals surface area contributed by atoms with Crippen molar-refractivity contribution in [3.05, 3.63) is 48.6 Å². The van der Waals surface area contributed by atoms with Crippen LogP contribution in [0.4, 0.5) is 0 Å². The van der Waals surface area contributed by atoms with Gasteiger partial charge in [-0.15, -0.1) is 6.58 Å². The molecule has 0 aliphatic carbocycles. The van der Waals surface area contributed by atoms with Gasteiger partial charge in [-0.25, -0.2) is 0 Å². The van der Waals surface area contributed by atoms with Gasteiger partial charge in [0.1, 0.15) is 0 Å². The second kappa shape index (κ2) is 29.9. The first-order valence-electron chi connectivity index (χ1n) is 16.0. The molecule has 0 fully saturated rings. The van der Waals surface area contributed by atoms with Crippen molar-refractivity contribution in [3.63, 3.8) is 0 Å². The minimum atomic E-state index is 0.00993. The van der Waals surface area contributed by atoms with Crippen molar-refractivity contribution in [1.82, 2.24) is 0 Å². The van der Waals surface area contributed by atoms with Crippen molar-refractivity contribution >= 4 is 0 Å². The van der Waals surface area contributed by atoms with E-state index in [4.69, 9.17) is 9.47 Å². The van der Waals surface area contributed by atoms with E-state index in [1.807, 2.05) is 26.0 Å². The molecule has 0 aromatic heterocycles. The lowest BCUT2D eigenvalue weighted by Gasteiger charge is -2.19. The molecule has 0 heterocycles. The SMILES string of the molecule is C=C/C(=C\C(C)C)CCCCCCOC(C)(C)C.C=CC(C)C=C(C)C.CC.CCCCCCOC(C)(C)C. The van der Waals surface area contributed by atoms with E-state index in [0.29, 0.717) is 11.8 Å². The van der Waals surface area contributed by atoms with Gasteiger partial charge in [-0.2, -0.15) is 0 Å². The van der Waals surface area contributed by atoms with Crippen LogP contribution < -0.4 is 0 Å². The number of hydrogen-bond acceptors (Lipinski definition) is 2. The maximum atomic E-state index is 5.70. The second-order valence-corrected chi connectivity index (χ2v) is 12.7. The largest absolute Gasteiger partial charge is 0.376 e. The minimum Gasteiger partial charge on any atom is -0.376 e. The van der Waals surface area contributed by atoms with Crippen LogP contribution in [0.2, 0.25) is 0 Å². The third kappa shape index (κ3) is 50.3. The van der Waals surface area contributed by atoms with E-state index in [9.17, 15) is 0 Å². The Hall–Kier alpha value is -1.12. The quantitative estimate of drug-likeness (QED) is 0.108. The molecule has 39 heavy (non-hydrogen) atoms. The molecule has 0 radical (unpaired) electrons. The Bertz CT molecular complexity index is 578. The van der Waals surface area contributed by atoms with Crippen molar-refractivity contribution in [3.8, 4) is 0 Å². The summed E-state index contributed by atoms with van der Waals surface area (Å²) in [6.45, 7) is 39.0. The summed E-state index contributed by atoms with van der Waals surface area (Å²) in [5.41, 5.74) is 2.82. The summed E-state index contributed by atoms with van der Waals surface area (Å²) in [5, 5.41) is 0. The van der Waals surface area contributed by atoms with Crippen LogP contribution in [0, 0.1) is 11.8 Å². The Kier molecular flexibility index (Phi) is 34.4. The summed E-state index contributed by atoms with van der Waals surface area (Å²) in [6.07, 6.45) is 19.8. The van der Waals surface area contributed by atoms with Crippen molar-refractivity contribution < 1.29 is 9.47 Å². The maximum Gasteiger partial charge on any atom is 0.0598 e. The molecule has 2 heteroatoms. The molecule has 0 saturated carbocycles. The molecule has 0 bridgehead atoms. The number of allylic oxidation sites excluding steroid dienone is 6. The summed E-state index contributed by atoms with van der Waals surface area (Å²) >= 11 is 0. The lowest BCUT2D eigenvalue weighted by atomic mass is 10.0. The van der Waals surface area contributed by atoms with Gasteiger partial charge in [0.15, 0.2) is 0 Å². The average molecular weight is 551 g/mol. The number of ether oxygens (including phenoxy) is 2. The highest BCUT2D eigenvalue weighted by molar-refractivity contribution is 5.16. The number of rotatable bonds is 16. The first-order valence-corrected chi connectivity index (χ1v) is 16.0. The van der Waals surface area contributed by atoms with E-state index in [1.165, 1.54) is 68.9 Å². The lowest BCUT2D eigenvalue weighted by Crippen LogP contribution is -2.19. The smallest absolute Gasteiger partial charge is 0.0598 e. The molecule has 1 atom stereocenters. The summed E-state index contributed by atoms with van der Waals surface area (Å²) in [7, 11) is 0. The summed E-state index contributed by atoms with van der Waals surface area (Å²) in [6, 6.07) is 0. The highest BCUT2D eigenvalue weighted by atomic mass is 16.5. The van der Waals surface area contributed by atoms with Crippen LogP contribution in [0.3, 0.4) is 0 Å². The highest BCUT2D eigenvalue weighted by Gasteiger charge is 2.09. The van der Waals surface area contributed by atoms with Gasteiger partial charge < -0.3 is 9.47 Å². The molecule has 0 saturated heterocycles. The van der Waals surface area contributed by atoms with Gasteiger partial charge >= 0.3 is 0 Å². The van der Waals surface area contributed by atoms with Crippen LogP contribution in [-0.4, -0.2) is 24.4 Å². The van der Waals surface area contributed by atoms with Gasteiger partial charge in [0.2, 0.25) is 0 Å². The Morgan fingerprint density at radius 1 is 0.692 bits per heavy atom.